The molecule has 0 fully saturated rings. The first-order valence-electron chi connectivity index (χ1n) is 28.1. The van der Waals surface area contributed by atoms with Crippen LogP contribution in [0.4, 0.5) is 5.69 Å². The fourth-order valence-electron chi connectivity index (χ4n) is 10.9. The van der Waals surface area contributed by atoms with Gasteiger partial charge in [-0.15, -0.1) is 0 Å². The monoisotopic (exact) mass is 1110 g/mol. The number of halogens is 1. The van der Waals surface area contributed by atoms with Crippen molar-refractivity contribution in [2.75, 3.05) is 25.1 Å². The lowest BCUT2D eigenvalue weighted by Gasteiger charge is -2.26. The highest BCUT2D eigenvalue weighted by Crippen LogP contribution is 2.39. The maximum Gasteiger partial charge on any atom is 0.338 e. The molecular weight excluding hydrogens is 1050 g/mol. The number of hydrogen-bond donors (Lipinski definition) is 1. The molecule has 10 rings (SSSR count). The van der Waals surface area contributed by atoms with Crippen molar-refractivity contribution in [3.63, 3.8) is 0 Å². The Morgan fingerprint density at radius 1 is 0.573 bits per heavy atom. The van der Waals surface area contributed by atoms with E-state index in [0.29, 0.717) is 54.3 Å². The first kappa shape index (κ1) is 56.8. The van der Waals surface area contributed by atoms with E-state index in [-0.39, 0.29) is 18.5 Å². The van der Waals surface area contributed by atoms with Crippen molar-refractivity contribution < 1.29 is 42.9 Å². The molecule has 2 unspecified atom stereocenters. The molecule has 0 aromatic heterocycles. The number of fused-ring (bicyclic) bond motifs is 2. The summed E-state index contributed by atoms with van der Waals surface area (Å²) in [5.74, 6) is -0.721. The van der Waals surface area contributed by atoms with E-state index in [0.717, 1.165) is 96.7 Å². The lowest BCUT2D eigenvalue weighted by molar-refractivity contribution is -0.145. The average molecular weight is 1110 g/mol. The standard InChI is InChI=1S/C71H68ClNO9/c1-8-78-69(77)63(51-23-17-47(18-24-51)54-27-32-64-55(40-54)33-35-79-64)39-46-11-15-53(16-12-46)68(76)82-71(6,7)43-58-42-57(41-56-34-36-80-65(56)58)48-19-21-50(22-20-48)62(38-45-9-13-52(14-10-45)67(75)81-70(3,4)5)66(74)73-60-29-25-49(26-30-60)61-31-28-59(72)37-44(61)2/h9-32,37,40-42,62-63H,8,33-36,38-39,43H2,1-7H3,(H,73,74). The summed E-state index contributed by atoms with van der Waals surface area (Å²) >= 11 is 6.24. The summed E-state index contributed by atoms with van der Waals surface area (Å²) in [6.07, 6.45) is 2.79. The summed E-state index contributed by atoms with van der Waals surface area (Å²) in [5, 5.41) is 3.85. The Kier molecular flexibility index (Phi) is 16.8. The molecule has 0 aliphatic carbocycles. The van der Waals surface area contributed by atoms with E-state index in [1.807, 2.05) is 163 Å². The Morgan fingerprint density at radius 3 is 1.74 bits per heavy atom. The molecule has 2 atom stereocenters. The number of ether oxygens (including phenoxy) is 5. The molecule has 82 heavy (non-hydrogen) atoms. The molecule has 0 saturated heterocycles. The number of anilines is 1. The summed E-state index contributed by atoms with van der Waals surface area (Å²) in [7, 11) is 0. The van der Waals surface area contributed by atoms with E-state index in [9.17, 15) is 19.2 Å². The molecule has 1 N–H and O–H groups in total. The maximum absolute atomic E-state index is 14.5. The Bertz CT molecular complexity index is 3640. The van der Waals surface area contributed by atoms with Crippen molar-refractivity contribution in [2.24, 2.45) is 0 Å². The van der Waals surface area contributed by atoms with Crippen LogP contribution in [0.25, 0.3) is 33.4 Å². The van der Waals surface area contributed by atoms with Gasteiger partial charge in [-0.05, 0) is 212 Å². The largest absolute Gasteiger partial charge is 0.493 e. The fraction of sp³-hybridized carbons (Fsp3) is 0.268. The summed E-state index contributed by atoms with van der Waals surface area (Å²) in [6, 6.07) is 54.7. The lowest BCUT2D eigenvalue weighted by Crippen LogP contribution is -2.31. The molecule has 11 heteroatoms. The second-order valence-corrected chi connectivity index (χ2v) is 23.3. The van der Waals surface area contributed by atoms with E-state index in [1.54, 1.807) is 31.2 Å². The van der Waals surface area contributed by atoms with Crippen LogP contribution in [0.15, 0.2) is 170 Å². The number of rotatable bonds is 18. The van der Waals surface area contributed by atoms with E-state index < -0.39 is 35.0 Å². The van der Waals surface area contributed by atoms with Crippen LogP contribution in [-0.4, -0.2) is 54.8 Å². The highest BCUT2D eigenvalue weighted by molar-refractivity contribution is 6.30. The lowest BCUT2D eigenvalue weighted by atomic mass is 9.88. The summed E-state index contributed by atoms with van der Waals surface area (Å²) in [6.45, 7) is 14.7. The molecule has 0 spiro atoms. The number of carbonyl (C=O) groups excluding carboxylic acids is 4. The molecule has 2 aliphatic rings. The van der Waals surface area contributed by atoms with Gasteiger partial charge in [0.1, 0.15) is 22.7 Å². The van der Waals surface area contributed by atoms with Crippen molar-refractivity contribution in [3.8, 4) is 44.9 Å². The molecule has 0 saturated carbocycles. The van der Waals surface area contributed by atoms with Gasteiger partial charge >= 0.3 is 17.9 Å². The van der Waals surface area contributed by atoms with Gasteiger partial charge in [0.15, 0.2) is 0 Å². The van der Waals surface area contributed by atoms with E-state index in [4.69, 9.17) is 35.3 Å². The van der Waals surface area contributed by atoms with Crippen LogP contribution in [0, 0.1) is 6.92 Å². The van der Waals surface area contributed by atoms with Gasteiger partial charge < -0.3 is 29.0 Å². The number of nitrogens with one attached hydrogen (secondary N) is 1. The third-order valence-corrected chi connectivity index (χ3v) is 15.3. The zero-order valence-electron chi connectivity index (χ0n) is 47.5. The van der Waals surface area contributed by atoms with Gasteiger partial charge in [0.2, 0.25) is 5.91 Å². The van der Waals surface area contributed by atoms with Gasteiger partial charge in [0, 0.05) is 30.0 Å². The van der Waals surface area contributed by atoms with Crippen LogP contribution in [0.3, 0.4) is 0 Å². The first-order valence-corrected chi connectivity index (χ1v) is 28.5. The topological polar surface area (TPSA) is 126 Å². The highest BCUT2D eigenvalue weighted by atomic mass is 35.5. The molecule has 10 nitrogen and oxygen atoms in total. The molecule has 1 amide bonds. The van der Waals surface area contributed by atoms with Crippen LogP contribution in [0.1, 0.15) is 119 Å². The maximum atomic E-state index is 14.5. The quantitative estimate of drug-likeness (QED) is 0.0660. The minimum atomic E-state index is -0.923. The molecule has 2 aliphatic heterocycles. The summed E-state index contributed by atoms with van der Waals surface area (Å²) in [4.78, 5) is 54.6. The SMILES string of the molecule is CCOC(=O)C(Cc1ccc(C(=O)OC(C)(C)Cc2cc(-c3ccc(C(Cc4ccc(C(=O)OC(C)(C)C)cc4)C(=O)Nc4ccc(-c5ccc(Cl)cc5C)cc4)cc3)cc3c2OCC3)cc1)c1ccc(-c2ccc3c(c2)CCO3)cc1. The van der Waals surface area contributed by atoms with Crippen LogP contribution in [0.2, 0.25) is 5.02 Å². The molecule has 0 bridgehead atoms. The van der Waals surface area contributed by atoms with E-state index in [2.05, 4.69) is 29.6 Å². The van der Waals surface area contributed by atoms with Crippen LogP contribution < -0.4 is 14.8 Å². The van der Waals surface area contributed by atoms with Crippen LogP contribution >= 0.6 is 11.6 Å². The van der Waals surface area contributed by atoms with Crippen molar-refractivity contribution in [2.45, 2.75) is 104 Å². The third-order valence-electron chi connectivity index (χ3n) is 15.0. The van der Waals surface area contributed by atoms with Crippen LogP contribution in [0.5, 0.6) is 11.5 Å². The van der Waals surface area contributed by atoms with Crippen molar-refractivity contribution >= 4 is 41.1 Å². The van der Waals surface area contributed by atoms with E-state index >= 15 is 0 Å². The zero-order chi connectivity index (χ0) is 57.7. The van der Waals surface area contributed by atoms with Crippen LogP contribution in [-0.2, 0) is 55.9 Å². The van der Waals surface area contributed by atoms with Gasteiger partial charge in [-0.2, -0.15) is 0 Å². The van der Waals surface area contributed by atoms with Crippen molar-refractivity contribution in [1.82, 2.24) is 0 Å². The molecule has 8 aromatic rings. The number of hydrogen-bond acceptors (Lipinski definition) is 9. The fourth-order valence-corrected chi connectivity index (χ4v) is 11.1. The molecule has 2 heterocycles. The highest BCUT2D eigenvalue weighted by Gasteiger charge is 2.30. The predicted molar refractivity (Wildman–Crippen MR) is 323 cm³/mol. The van der Waals surface area contributed by atoms with Gasteiger partial charge in [0.05, 0.1) is 42.8 Å². The second kappa shape index (κ2) is 24.3. The molecular formula is C71H68ClNO9. The second-order valence-electron chi connectivity index (χ2n) is 22.9. The number of benzene rings is 8. The number of aryl methyl sites for hydroxylation is 1. The molecule has 418 valence electrons. The molecule has 8 aromatic carbocycles. The van der Waals surface area contributed by atoms with Crippen molar-refractivity contribution in [3.05, 3.63) is 231 Å². The number of amides is 1. The van der Waals surface area contributed by atoms with E-state index in [1.165, 1.54) is 5.56 Å². The number of esters is 3. The zero-order valence-corrected chi connectivity index (χ0v) is 48.3. The first-order chi connectivity index (χ1) is 39.3. The third kappa shape index (κ3) is 13.6. The number of carbonyl (C=O) groups is 4. The Balaban J connectivity index is 0.832. The summed E-state index contributed by atoms with van der Waals surface area (Å²) in [5.41, 5.74) is 13.8. The molecule has 0 radical (unpaired) electrons. The minimum absolute atomic E-state index is 0.174. The van der Waals surface area contributed by atoms with Gasteiger partial charge in [-0.1, -0.05) is 109 Å². The normalized spacial score (nSPS) is 13.4. The van der Waals surface area contributed by atoms with Gasteiger partial charge in [-0.3, -0.25) is 9.59 Å². The Morgan fingerprint density at radius 2 is 1.12 bits per heavy atom. The van der Waals surface area contributed by atoms with Gasteiger partial charge in [0.25, 0.3) is 0 Å². The Labute approximate surface area is 485 Å². The van der Waals surface area contributed by atoms with Gasteiger partial charge in [-0.25, -0.2) is 9.59 Å². The average Bonchev–Trinajstić information content (AvgIpc) is 4.33. The van der Waals surface area contributed by atoms with Crippen molar-refractivity contribution in [1.29, 1.82) is 0 Å². The predicted octanol–water partition coefficient (Wildman–Crippen LogP) is 15.5. The summed E-state index contributed by atoms with van der Waals surface area (Å²) < 4.78 is 29.3. The smallest absolute Gasteiger partial charge is 0.338 e. The Hall–Kier alpha value is -8.47. The minimum Gasteiger partial charge on any atom is -0.493 e.